The van der Waals surface area contributed by atoms with Crippen molar-refractivity contribution in [3.63, 3.8) is 0 Å². The molecule has 1 aliphatic rings. The lowest BCUT2D eigenvalue weighted by atomic mass is 10.1. The third-order valence-electron chi connectivity index (χ3n) is 3.51. The van der Waals surface area contributed by atoms with Crippen LogP contribution in [0, 0.1) is 5.92 Å². The second kappa shape index (κ2) is 9.20. The van der Waals surface area contributed by atoms with E-state index in [0.717, 1.165) is 32.2 Å². The summed E-state index contributed by atoms with van der Waals surface area (Å²) < 4.78 is 5.23. The number of nitrogens with one attached hydrogen (secondary N) is 1. The molecule has 0 radical (unpaired) electrons. The van der Waals surface area contributed by atoms with Gasteiger partial charge in [-0.25, -0.2) is 0 Å². The van der Waals surface area contributed by atoms with Crippen molar-refractivity contribution < 1.29 is 4.74 Å². The lowest BCUT2D eigenvalue weighted by Gasteiger charge is -2.21. The molecule has 4 heteroatoms. The van der Waals surface area contributed by atoms with Crippen LogP contribution >= 0.6 is 0 Å². The molecule has 1 rings (SSSR count). The van der Waals surface area contributed by atoms with Crippen molar-refractivity contribution in [1.82, 2.24) is 10.2 Å². The van der Waals surface area contributed by atoms with Crippen molar-refractivity contribution in [3.8, 4) is 0 Å². The predicted molar refractivity (Wildman–Crippen MR) is 77.1 cm³/mol. The van der Waals surface area contributed by atoms with Crippen LogP contribution in [-0.4, -0.2) is 51.3 Å². The first-order chi connectivity index (χ1) is 8.81. The van der Waals surface area contributed by atoms with Crippen LogP contribution in [0.1, 0.15) is 39.0 Å². The molecule has 1 unspecified atom stereocenters. The molecule has 1 fully saturated rings. The van der Waals surface area contributed by atoms with Crippen LogP contribution in [0.15, 0.2) is 4.99 Å². The fourth-order valence-corrected chi connectivity index (χ4v) is 2.48. The summed E-state index contributed by atoms with van der Waals surface area (Å²) in [6.45, 7) is 6.32. The summed E-state index contributed by atoms with van der Waals surface area (Å²) in [6, 6.07) is 0. The zero-order valence-electron chi connectivity index (χ0n) is 12.2. The first-order valence-electron chi connectivity index (χ1n) is 7.26. The maximum absolute atomic E-state index is 5.23. The molecule has 0 spiro atoms. The second-order valence-corrected chi connectivity index (χ2v) is 5.09. The Hall–Kier alpha value is -0.770. The van der Waals surface area contributed by atoms with Gasteiger partial charge in [0.1, 0.15) is 0 Å². The molecular formula is C14H29N3O. The van der Waals surface area contributed by atoms with Gasteiger partial charge >= 0.3 is 0 Å². The van der Waals surface area contributed by atoms with Crippen LogP contribution in [0.2, 0.25) is 0 Å². The monoisotopic (exact) mass is 255 g/mol. The maximum atomic E-state index is 5.23. The van der Waals surface area contributed by atoms with Gasteiger partial charge < -0.3 is 15.0 Å². The van der Waals surface area contributed by atoms with Crippen LogP contribution < -0.4 is 5.32 Å². The van der Waals surface area contributed by atoms with E-state index in [1.165, 1.54) is 32.1 Å². The second-order valence-electron chi connectivity index (χ2n) is 5.09. The number of guanidine groups is 1. The van der Waals surface area contributed by atoms with E-state index < -0.39 is 0 Å². The Balaban J connectivity index is 2.21. The molecule has 4 nitrogen and oxygen atoms in total. The van der Waals surface area contributed by atoms with Gasteiger partial charge in [-0.3, -0.25) is 4.99 Å². The molecule has 1 heterocycles. The minimum atomic E-state index is 0.661. The zero-order chi connectivity index (χ0) is 13.2. The number of nitrogens with zero attached hydrogens (tertiary/aromatic N) is 2. The number of rotatable bonds is 7. The van der Waals surface area contributed by atoms with Crippen LogP contribution in [0.3, 0.4) is 0 Å². The highest BCUT2D eigenvalue weighted by Crippen LogP contribution is 2.16. The van der Waals surface area contributed by atoms with Gasteiger partial charge in [-0.2, -0.15) is 0 Å². The molecule has 1 atom stereocenters. The number of hydrogen-bond acceptors (Lipinski definition) is 2. The minimum absolute atomic E-state index is 0.661. The van der Waals surface area contributed by atoms with Crippen molar-refractivity contribution in [2.75, 3.05) is 40.4 Å². The first kappa shape index (κ1) is 15.3. The number of aliphatic imine (C=N–C) groups is 1. The van der Waals surface area contributed by atoms with Gasteiger partial charge in [0.2, 0.25) is 0 Å². The molecule has 1 aliphatic heterocycles. The number of likely N-dealkylation sites (tertiary alicyclic amines) is 1. The van der Waals surface area contributed by atoms with E-state index in [1.807, 2.05) is 7.05 Å². The van der Waals surface area contributed by atoms with Gasteiger partial charge in [0.15, 0.2) is 5.96 Å². The quantitative estimate of drug-likeness (QED) is 0.430. The van der Waals surface area contributed by atoms with Crippen LogP contribution in [0.25, 0.3) is 0 Å². The topological polar surface area (TPSA) is 36.9 Å². The third-order valence-corrected chi connectivity index (χ3v) is 3.51. The molecule has 0 saturated carbocycles. The van der Waals surface area contributed by atoms with Gasteiger partial charge in [0.05, 0.1) is 6.61 Å². The molecular weight excluding hydrogens is 226 g/mol. The summed E-state index contributed by atoms with van der Waals surface area (Å²) in [6.07, 6.45) is 6.39. The number of methoxy groups -OCH3 is 1. The summed E-state index contributed by atoms with van der Waals surface area (Å²) in [5, 5.41) is 3.47. The smallest absolute Gasteiger partial charge is 0.193 e. The van der Waals surface area contributed by atoms with Gasteiger partial charge in [0, 0.05) is 39.7 Å². The SMILES string of the molecule is CCCCCCNC(=NC)N1CCC(COC)C1. The summed E-state index contributed by atoms with van der Waals surface area (Å²) in [7, 11) is 3.65. The van der Waals surface area contributed by atoms with E-state index >= 15 is 0 Å². The molecule has 0 aromatic heterocycles. The molecule has 0 bridgehead atoms. The molecule has 106 valence electrons. The molecule has 18 heavy (non-hydrogen) atoms. The molecule has 0 amide bonds. The fourth-order valence-electron chi connectivity index (χ4n) is 2.48. The number of unbranched alkanes of at least 4 members (excludes halogenated alkanes) is 3. The average molecular weight is 255 g/mol. The zero-order valence-corrected chi connectivity index (χ0v) is 12.2. The van der Waals surface area contributed by atoms with Gasteiger partial charge in [-0.15, -0.1) is 0 Å². The summed E-state index contributed by atoms with van der Waals surface area (Å²) in [4.78, 5) is 6.72. The van der Waals surface area contributed by atoms with E-state index in [1.54, 1.807) is 7.11 Å². The first-order valence-corrected chi connectivity index (χ1v) is 7.26. The fraction of sp³-hybridized carbons (Fsp3) is 0.929. The van der Waals surface area contributed by atoms with Crippen molar-refractivity contribution >= 4 is 5.96 Å². The largest absolute Gasteiger partial charge is 0.384 e. The summed E-state index contributed by atoms with van der Waals surface area (Å²) in [5.41, 5.74) is 0. The average Bonchev–Trinajstić information content (AvgIpc) is 2.83. The van der Waals surface area contributed by atoms with Crippen molar-refractivity contribution in [2.24, 2.45) is 10.9 Å². The molecule has 1 N–H and O–H groups in total. The molecule has 0 aromatic carbocycles. The van der Waals surface area contributed by atoms with Crippen LogP contribution in [-0.2, 0) is 4.74 Å². The van der Waals surface area contributed by atoms with Crippen LogP contribution in [0.4, 0.5) is 0 Å². The van der Waals surface area contributed by atoms with E-state index in [4.69, 9.17) is 4.74 Å². The molecule has 0 aromatic rings. The Morgan fingerprint density at radius 1 is 1.39 bits per heavy atom. The van der Waals surface area contributed by atoms with Gasteiger partial charge in [-0.05, 0) is 12.8 Å². The van der Waals surface area contributed by atoms with E-state index in [-0.39, 0.29) is 0 Å². The third kappa shape index (κ3) is 5.25. The number of hydrogen-bond donors (Lipinski definition) is 1. The Kier molecular flexibility index (Phi) is 7.81. The summed E-state index contributed by atoms with van der Waals surface area (Å²) in [5.74, 6) is 1.72. The number of ether oxygens (including phenoxy) is 1. The lowest BCUT2D eigenvalue weighted by molar-refractivity contribution is 0.157. The minimum Gasteiger partial charge on any atom is -0.384 e. The van der Waals surface area contributed by atoms with Crippen LogP contribution in [0.5, 0.6) is 0 Å². The molecule has 0 aliphatic carbocycles. The van der Waals surface area contributed by atoms with Gasteiger partial charge in [-0.1, -0.05) is 26.2 Å². The van der Waals surface area contributed by atoms with Crippen molar-refractivity contribution in [2.45, 2.75) is 39.0 Å². The Bertz CT molecular complexity index is 243. The lowest BCUT2D eigenvalue weighted by Crippen LogP contribution is -2.40. The summed E-state index contributed by atoms with van der Waals surface area (Å²) >= 11 is 0. The van der Waals surface area contributed by atoms with Gasteiger partial charge in [0.25, 0.3) is 0 Å². The highest BCUT2D eigenvalue weighted by atomic mass is 16.5. The van der Waals surface area contributed by atoms with E-state index in [9.17, 15) is 0 Å². The van der Waals surface area contributed by atoms with E-state index in [0.29, 0.717) is 5.92 Å². The van der Waals surface area contributed by atoms with E-state index in [2.05, 4.69) is 22.1 Å². The maximum Gasteiger partial charge on any atom is 0.193 e. The normalized spacial score (nSPS) is 20.5. The Labute approximate surface area is 112 Å². The van der Waals surface area contributed by atoms with Crippen molar-refractivity contribution in [1.29, 1.82) is 0 Å². The Morgan fingerprint density at radius 3 is 2.89 bits per heavy atom. The molecule has 1 saturated heterocycles. The standard InChI is InChI=1S/C14H29N3O/c1-4-5-6-7-9-16-14(15-2)17-10-8-13(11-17)12-18-3/h13H,4-12H2,1-3H3,(H,15,16). The van der Waals surface area contributed by atoms with Crippen molar-refractivity contribution in [3.05, 3.63) is 0 Å². The Morgan fingerprint density at radius 2 is 2.22 bits per heavy atom. The predicted octanol–water partition coefficient (Wildman–Crippen LogP) is 2.11. The highest BCUT2D eigenvalue weighted by molar-refractivity contribution is 5.80. The highest BCUT2D eigenvalue weighted by Gasteiger charge is 2.24.